The first-order valence-electron chi connectivity index (χ1n) is 8.17. The Morgan fingerprint density at radius 3 is 1.96 bits per heavy atom. The topological polar surface area (TPSA) is 92.8 Å². The molecule has 27 heavy (non-hydrogen) atoms. The molecular weight excluding hydrogens is 368 g/mol. The Balaban J connectivity index is 2.03. The Morgan fingerprint density at radius 1 is 0.963 bits per heavy atom. The summed E-state index contributed by atoms with van der Waals surface area (Å²) < 4.78 is 30.0. The van der Waals surface area contributed by atoms with E-state index in [4.69, 9.17) is 4.74 Å². The zero-order valence-electron chi connectivity index (χ0n) is 15.6. The molecule has 1 N–H and O–H groups in total. The van der Waals surface area contributed by atoms with Crippen molar-refractivity contribution < 1.29 is 22.7 Å². The minimum Gasteiger partial charge on any atom is -0.451 e. The maximum Gasteiger partial charge on any atom is 0.338 e. The van der Waals surface area contributed by atoms with Crippen LogP contribution in [0.2, 0.25) is 0 Å². The van der Waals surface area contributed by atoms with Crippen LogP contribution >= 0.6 is 0 Å². The molecule has 144 valence electrons. The quantitative estimate of drug-likeness (QED) is 0.577. The smallest absolute Gasteiger partial charge is 0.338 e. The molecule has 7 nitrogen and oxygen atoms in total. The van der Waals surface area contributed by atoms with E-state index in [0.29, 0.717) is 16.8 Å². The van der Waals surface area contributed by atoms with Gasteiger partial charge in [0.2, 0.25) is 15.8 Å². The lowest BCUT2D eigenvalue weighted by Gasteiger charge is -2.14. The number of nitrogens with one attached hydrogen (secondary N) is 1. The third-order valence-electron chi connectivity index (χ3n) is 3.75. The molecule has 0 saturated heterocycles. The predicted molar refractivity (Wildman–Crippen MR) is 105 cm³/mol. The number of ketones is 1. The minimum atomic E-state index is -3.39. The normalized spacial score (nSPS) is 12.1. The van der Waals surface area contributed by atoms with Crippen molar-refractivity contribution in [2.45, 2.75) is 13.0 Å². The molecule has 1 atom stereocenters. The molecule has 0 aromatic heterocycles. The summed E-state index contributed by atoms with van der Waals surface area (Å²) in [5, 5.41) is 0. The molecule has 0 aliphatic heterocycles. The van der Waals surface area contributed by atoms with Gasteiger partial charge in [-0.3, -0.25) is 9.52 Å². The maximum absolute atomic E-state index is 12.4. The zero-order chi connectivity index (χ0) is 20.2. The molecule has 0 bridgehead atoms. The van der Waals surface area contributed by atoms with Crippen LogP contribution in [0.1, 0.15) is 27.6 Å². The van der Waals surface area contributed by atoms with Gasteiger partial charge in [0.15, 0.2) is 6.10 Å². The molecule has 0 radical (unpaired) electrons. The summed E-state index contributed by atoms with van der Waals surface area (Å²) in [6.45, 7) is 1.50. The van der Waals surface area contributed by atoms with E-state index < -0.39 is 22.1 Å². The molecule has 0 spiro atoms. The lowest BCUT2D eigenvalue weighted by Crippen LogP contribution is -2.24. The molecule has 0 heterocycles. The fraction of sp³-hybridized carbons (Fsp3) is 0.263. The van der Waals surface area contributed by atoms with E-state index in [9.17, 15) is 18.0 Å². The first-order chi connectivity index (χ1) is 12.6. The average Bonchev–Trinajstić information content (AvgIpc) is 2.60. The molecule has 2 rings (SSSR count). The van der Waals surface area contributed by atoms with Crippen molar-refractivity contribution in [3.63, 3.8) is 0 Å². The Hall–Kier alpha value is -2.87. The van der Waals surface area contributed by atoms with E-state index in [-0.39, 0.29) is 5.78 Å². The highest BCUT2D eigenvalue weighted by atomic mass is 32.2. The molecule has 0 aliphatic rings. The number of hydrogen-bond acceptors (Lipinski definition) is 6. The third-order valence-corrected chi connectivity index (χ3v) is 4.35. The average molecular weight is 390 g/mol. The van der Waals surface area contributed by atoms with E-state index in [1.165, 1.54) is 31.2 Å². The number of esters is 1. The number of hydrogen-bond donors (Lipinski definition) is 1. The van der Waals surface area contributed by atoms with Gasteiger partial charge in [0, 0.05) is 31.0 Å². The van der Waals surface area contributed by atoms with Crippen molar-refractivity contribution in [2.24, 2.45) is 0 Å². The van der Waals surface area contributed by atoms with Gasteiger partial charge in [-0.1, -0.05) is 0 Å². The highest BCUT2D eigenvalue weighted by molar-refractivity contribution is 7.92. The van der Waals surface area contributed by atoms with Crippen LogP contribution in [0.25, 0.3) is 0 Å². The Bertz CT molecular complexity index is 920. The molecule has 0 amide bonds. The summed E-state index contributed by atoms with van der Waals surface area (Å²) in [6, 6.07) is 12.8. The summed E-state index contributed by atoms with van der Waals surface area (Å²) in [5.74, 6) is -0.962. The Morgan fingerprint density at radius 2 is 1.48 bits per heavy atom. The van der Waals surface area contributed by atoms with Crippen LogP contribution < -0.4 is 9.62 Å². The SMILES string of the molecule is CC(OC(=O)c1ccc(N(C)C)cc1)C(=O)c1ccc(NS(C)(=O)=O)cc1. The van der Waals surface area contributed by atoms with Crippen LogP contribution in [0.3, 0.4) is 0 Å². The number of benzene rings is 2. The third kappa shape index (κ3) is 5.82. The highest BCUT2D eigenvalue weighted by Crippen LogP contribution is 2.16. The predicted octanol–water partition coefficient (Wildman–Crippen LogP) is 2.55. The lowest BCUT2D eigenvalue weighted by atomic mass is 10.1. The number of nitrogens with zero attached hydrogens (tertiary/aromatic N) is 1. The second-order valence-corrected chi connectivity index (χ2v) is 8.05. The number of rotatable bonds is 7. The van der Waals surface area contributed by atoms with Crippen LogP contribution in [0.5, 0.6) is 0 Å². The fourth-order valence-corrected chi connectivity index (χ4v) is 2.89. The van der Waals surface area contributed by atoms with E-state index in [1.807, 2.05) is 19.0 Å². The van der Waals surface area contributed by atoms with Gasteiger partial charge in [0.1, 0.15) is 0 Å². The molecule has 2 aromatic carbocycles. The molecule has 8 heteroatoms. The van der Waals surface area contributed by atoms with Gasteiger partial charge in [-0.15, -0.1) is 0 Å². The van der Waals surface area contributed by atoms with Gasteiger partial charge >= 0.3 is 5.97 Å². The van der Waals surface area contributed by atoms with E-state index in [0.717, 1.165) is 11.9 Å². The molecule has 0 fully saturated rings. The fourth-order valence-electron chi connectivity index (χ4n) is 2.33. The Kier molecular flexibility index (Phi) is 6.22. The lowest BCUT2D eigenvalue weighted by molar-refractivity contribution is 0.0319. The van der Waals surface area contributed by atoms with Gasteiger partial charge in [-0.25, -0.2) is 13.2 Å². The van der Waals surface area contributed by atoms with E-state index in [2.05, 4.69) is 4.72 Å². The van der Waals surface area contributed by atoms with Crippen molar-refractivity contribution in [3.05, 3.63) is 59.7 Å². The number of carbonyl (C=O) groups is 2. The van der Waals surface area contributed by atoms with Gasteiger partial charge in [-0.05, 0) is 55.5 Å². The van der Waals surface area contributed by atoms with Gasteiger partial charge in [0.05, 0.1) is 11.8 Å². The van der Waals surface area contributed by atoms with Crippen LogP contribution in [0.4, 0.5) is 11.4 Å². The summed E-state index contributed by atoms with van der Waals surface area (Å²) in [6.07, 6.45) is 0.0679. The van der Waals surface area contributed by atoms with Crippen LogP contribution in [0, 0.1) is 0 Å². The molecule has 2 aromatic rings. The van der Waals surface area contributed by atoms with Crippen molar-refractivity contribution in [3.8, 4) is 0 Å². The first-order valence-corrected chi connectivity index (χ1v) is 10.1. The molecular formula is C19H22N2O5S. The Labute approximate surface area is 159 Å². The van der Waals surface area contributed by atoms with Gasteiger partial charge in [0.25, 0.3) is 0 Å². The zero-order valence-corrected chi connectivity index (χ0v) is 16.4. The number of ether oxygens (including phenoxy) is 1. The molecule has 1 unspecified atom stereocenters. The monoisotopic (exact) mass is 390 g/mol. The summed E-state index contributed by atoms with van der Waals surface area (Å²) in [5.41, 5.74) is 1.96. The first kappa shape index (κ1) is 20.4. The van der Waals surface area contributed by atoms with E-state index in [1.54, 1.807) is 24.3 Å². The largest absolute Gasteiger partial charge is 0.451 e. The van der Waals surface area contributed by atoms with Crippen molar-refractivity contribution in [1.29, 1.82) is 0 Å². The molecule has 0 saturated carbocycles. The summed E-state index contributed by atoms with van der Waals surface area (Å²) >= 11 is 0. The standard InChI is InChI=1S/C19H22N2O5S/c1-13(26-19(23)15-7-11-17(12-8-15)21(2)3)18(22)14-5-9-16(10-6-14)20-27(4,24)25/h5-13,20H,1-4H3. The van der Waals surface area contributed by atoms with Gasteiger partial charge in [-0.2, -0.15) is 0 Å². The number of Topliss-reactive ketones (excluding diaryl/α,β-unsaturated/α-hetero) is 1. The van der Waals surface area contributed by atoms with Crippen LogP contribution in [0.15, 0.2) is 48.5 Å². The van der Waals surface area contributed by atoms with Crippen molar-refractivity contribution in [1.82, 2.24) is 0 Å². The summed E-state index contributed by atoms with van der Waals surface area (Å²) in [7, 11) is 0.398. The minimum absolute atomic E-state index is 0.317. The molecule has 0 aliphatic carbocycles. The van der Waals surface area contributed by atoms with Crippen LogP contribution in [-0.4, -0.2) is 46.6 Å². The van der Waals surface area contributed by atoms with Crippen LogP contribution in [-0.2, 0) is 14.8 Å². The van der Waals surface area contributed by atoms with Gasteiger partial charge < -0.3 is 9.64 Å². The number of sulfonamides is 1. The van der Waals surface area contributed by atoms with E-state index >= 15 is 0 Å². The van der Waals surface area contributed by atoms with Crippen molar-refractivity contribution in [2.75, 3.05) is 30.0 Å². The highest BCUT2D eigenvalue weighted by Gasteiger charge is 2.20. The second kappa shape index (κ2) is 8.22. The second-order valence-electron chi connectivity index (χ2n) is 6.30. The maximum atomic E-state index is 12.4. The summed E-state index contributed by atoms with van der Waals surface area (Å²) in [4.78, 5) is 26.6. The van der Waals surface area contributed by atoms with Crippen molar-refractivity contribution >= 4 is 33.2 Å². The number of carbonyl (C=O) groups excluding carboxylic acids is 2. The number of anilines is 2.